The van der Waals surface area contributed by atoms with Crippen molar-refractivity contribution in [3.63, 3.8) is 0 Å². The zero-order valence-corrected chi connectivity index (χ0v) is 22.4. The molecular formula is C28H35N5O4S. The molecule has 5 heterocycles. The van der Waals surface area contributed by atoms with Crippen molar-refractivity contribution in [2.75, 3.05) is 43.5 Å². The van der Waals surface area contributed by atoms with Gasteiger partial charge in [0.2, 0.25) is 0 Å². The molecule has 0 atom stereocenters. The van der Waals surface area contributed by atoms with E-state index in [1.54, 1.807) is 0 Å². The Kier molecular flexibility index (Phi) is 5.90. The summed E-state index contributed by atoms with van der Waals surface area (Å²) in [5, 5.41) is 0.880. The lowest BCUT2D eigenvalue weighted by atomic mass is 9.79. The molecule has 38 heavy (non-hydrogen) atoms. The lowest BCUT2D eigenvalue weighted by Gasteiger charge is -2.40. The van der Waals surface area contributed by atoms with Crippen LogP contribution in [0.2, 0.25) is 0 Å². The zero-order chi connectivity index (χ0) is 25.9. The normalized spacial score (nSPS) is 30.5. The average Bonchev–Trinajstić information content (AvgIpc) is 3.60. The summed E-state index contributed by atoms with van der Waals surface area (Å²) in [6, 6.07) is 8.53. The highest BCUT2D eigenvalue weighted by Crippen LogP contribution is 2.45. The highest BCUT2D eigenvalue weighted by atomic mass is 32.2. The molecule has 10 heteroatoms. The molecule has 0 radical (unpaired) electrons. The van der Waals surface area contributed by atoms with Gasteiger partial charge in [-0.05, 0) is 62.1 Å². The number of ether oxygens (including phenoxy) is 2. The van der Waals surface area contributed by atoms with Crippen LogP contribution >= 0.6 is 0 Å². The molecule has 2 bridgehead atoms. The van der Waals surface area contributed by atoms with Crippen molar-refractivity contribution in [3.05, 3.63) is 36.8 Å². The van der Waals surface area contributed by atoms with E-state index in [1.165, 1.54) is 6.33 Å². The van der Waals surface area contributed by atoms with Gasteiger partial charge < -0.3 is 24.7 Å². The first-order valence-corrected chi connectivity index (χ1v) is 15.6. The van der Waals surface area contributed by atoms with E-state index >= 15 is 0 Å². The molecule has 0 spiro atoms. The van der Waals surface area contributed by atoms with E-state index in [4.69, 9.17) is 15.2 Å². The Hall–Kier alpha value is -2.69. The third kappa shape index (κ3) is 4.46. The molecule has 1 saturated carbocycles. The Morgan fingerprint density at radius 3 is 2.66 bits per heavy atom. The monoisotopic (exact) mass is 537 g/mol. The van der Waals surface area contributed by atoms with Crippen LogP contribution < -0.4 is 10.5 Å². The van der Waals surface area contributed by atoms with Crippen molar-refractivity contribution in [2.45, 2.75) is 56.3 Å². The number of nitrogens with two attached hydrogens (primary N) is 1. The second-order valence-electron chi connectivity index (χ2n) is 11.7. The molecule has 202 valence electrons. The first-order valence-electron chi connectivity index (χ1n) is 13.8. The first-order chi connectivity index (χ1) is 18.4. The van der Waals surface area contributed by atoms with E-state index in [-0.39, 0.29) is 17.1 Å². The zero-order valence-electron chi connectivity index (χ0n) is 21.6. The van der Waals surface area contributed by atoms with Crippen molar-refractivity contribution >= 4 is 26.7 Å². The van der Waals surface area contributed by atoms with Crippen LogP contribution in [-0.4, -0.2) is 77.3 Å². The second kappa shape index (κ2) is 9.20. The molecule has 3 saturated heterocycles. The summed E-state index contributed by atoms with van der Waals surface area (Å²) in [5.41, 5.74) is 9.19. The maximum Gasteiger partial charge on any atom is 0.152 e. The smallest absolute Gasteiger partial charge is 0.152 e. The molecule has 1 aromatic carbocycles. The molecule has 1 aliphatic carbocycles. The van der Waals surface area contributed by atoms with Gasteiger partial charge in [-0.1, -0.05) is 12.1 Å². The number of fused-ring (bicyclic) bond motifs is 3. The summed E-state index contributed by atoms with van der Waals surface area (Å²) in [6.45, 7) is 2.85. The third-order valence-electron chi connectivity index (χ3n) is 9.10. The van der Waals surface area contributed by atoms with Crippen molar-refractivity contribution < 1.29 is 17.9 Å². The maximum atomic E-state index is 11.8. The minimum absolute atomic E-state index is 0.113. The van der Waals surface area contributed by atoms with Crippen LogP contribution in [0.5, 0.6) is 5.75 Å². The van der Waals surface area contributed by atoms with Crippen LogP contribution in [0.25, 0.3) is 22.2 Å². The van der Waals surface area contributed by atoms with E-state index in [9.17, 15) is 8.42 Å². The van der Waals surface area contributed by atoms with Crippen LogP contribution in [0.15, 0.2) is 36.8 Å². The minimum atomic E-state index is -2.85. The maximum absolute atomic E-state index is 11.8. The van der Waals surface area contributed by atoms with Crippen LogP contribution in [-0.2, 0) is 14.6 Å². The van der Waals surface area contributed by atoms with Gasteiger partial charge >= 0.3 is 0 Å². The van der Waals surface area contributed by atoms with Gasteiger partial charge in [0.15, 0.2) is 9.84 Å². The Balaban J connectivity index is 1.09. The summed E-state index contributed by atoms with van der Waals surface area (Å²) < 4.78 is 38.2. The van der Waals surface area contributed by atoms with Gasteiger partial charge in [0.25, 0.3) is 0 Å². The lowest BCUT2D eigenvalue weighted by molar-refractivity contribution is -0.0198. The number of benzene rings is 1. The molecule has 2 aromatic heterocycles. The van der Waals surface area contributed by atoms with Crippen molar-refractivity contribution in [1.82, 2.24) is 19.4 Å². The summed E-state index contributed by atoms with van der Waals surface area (Å²) in [7, 11) is -2.85. The average molecular weight is 538 g/mol. The van der Waals surface area contributed by atoms with E-state index in [2.05, 4.69) is 37.8 Å². The summed E-state index contributed by atoms with van der Waals surface area (Å²) in [4.78, 5) is 11.2. The van der Waals surface area contributed by atoms with E-state index < -0.39 is 9.84 Å². The number of nitrogens with zero attached hydrogens (tertiary/aromatic N) is 4. The molecule has 7 rings (SSSR count). The topological polar surface area (TPSA) is 113 Å². The number of hydrogen-bond donors (Lipinski definition) is 1. The van der Waals surface area contributed by atoms with E-state index in [1.807, 2.05) is 12.1 Å². The Bertz CT molecular complexity index is 1440. The van der Waals surface area contributed by atoms with Gasteiger partial charge in [-0.3, -0.25) is 0 Å². The van der Waals surface area contributed by atoms with Crippen molar-refractivity contribution in [1.29, 1.82) is 0 Å². The Morgan fingerprint density at radius 1 is 1.13 bits per heavy atom. The van der Waals surface area contributed by atoms with Gasteiger partial charge in [-0.25, -0.2) is 18.4 Å². The minimum Gasteiger partial charge on any atom is -0.491 e. The summed E-state index contributed by atoms with van der Waals surface area (Å²) in [6.07, 6.45) is 10.7. The first kappa shape index (κ1) is 24.4. The third-order valence-corrected chi connectivity index (χ3v) is 10.7. The van der Waals surface area contributed by atoms with Crippen molar-refractivity contribution in [3.8, 4) is 16.9 Å². The molecule has 4 fully saturated rings. The fraction of sp³-hybridized carbons (Fsp3) is 0.571. The number of aromatic nitrogens is 3. The van der Waals surface area contributed by atoms with Gasteiger partial charge in [0, 0.05) is 37.4 Å². The summed E-state index contributed by atoms with van der Waals surface area (Å²) >= 11 is 0. The molecule has 3 aliphatic heterocycles. The molecule has 3 aromatic rings. The van der Waals surface area contributed by atoms with Crippen LogP contribution in [0.1, 0.15) is 44.6 Å². The fourth-order valence-electron chi connectivity index (χ4n) is 6.83. The molecule has 0 amide bonds. The highest BCUT2D eigenvalue weighted by molar-refractivity contribution is 7.91. The number of sulfone groups is 1. The standard InChI is InChI=1S/C28H35N5O4S/c29-26-25-24(20-2-1-3-23(14-20)36-17-28-6-4-22(37-28)5-7-28)16-33(27(25)31-18-30-26)21-12-19(13-21)15-32-8-10-38(34,35)11-9-32/h1-3,14,16,18-19,21-22H,4-13,15,17H2,(H2,29,30,31). The number of nitrogen functional groups attached to an aromatic ring is 1. The van der Waals surface area contributed by atoms with Crippen LogP contribution in [0.3, 0.4) is 0 Å². The lowest BCUT2D eigenvalue weighted by Crippen LogP contribution is -2.44. The van der Waals surface area contributed by atoms with Crippen LogP contribution in [0, 0.1) is 5.92 Å². The number of rotatable bonds is 7. The SMILES string of the molecule is Nc1ncnc2c1c(-c1cccc(OCC34CCC(CC3)O4)c1)cn2C1CC(CN2CCS(=O)(=O)CC2)C1. The van der Waals surface area contributed by atoms with Gasteiger partial charge in [0.05, 0.1) is 23.0 Å². The van der Waals surface area contributed by atoms with E-state index in [0.29, 0.717) is 43.6 Å². The van der Waals surface area contributed by atoms with Gasteiger partial charge in [-0.15, -0.1) is 0 Å². The predicted octanol–water partition coefficient (Wildman–Crippen LogP) is 3.45. The van der Waals surface area contributed by atoms with E-state index in [0.717, 1.165) is 73.0 Å². The predicted molar refractivity (Wildman–Crippen MR) is 146 cm³/mol. The second-order valence-corrected chi connectivity index (χ2v) is 14.0. The molecule has 2 N–H and O–H groups in total. The largest absolute Gasteiger partial charge is 0.491 e. The summed E-state index contributed by atoms with van der Waals surface area (Å²) in [5.74, 6) is 2.44. The highest BCUT2D eigenvalue weighted by Gasteiger charge is 2.46. The van der Waals surface area contributed by atoms with Gasteiger partial charge in [0.1, 0.15) is 35.7 Å². The molecule has 0 unspecified atom stereocenters. The van der Waals surface area contributed by atoms with Crippen LogP contribution in [0.4, 0.5) is 5.82 Å². The van der Waals surface area contributed by atoms with Crippen molar-refractivity contribution in [2.24, 2.45) is 5.92 Å². The Morgan fingerprint density at radius 2 is 1.92 bits per heavy atom. The molecule has 4 aliphatic rings. The number of hydrogen-bond acceptors (Lipinski definition) is 8. The Labute approximate surface area is 223 Å². The fourth-order valence-corrected chi connectivity index (χ4v) is 8.11. The molecular weight excluding hydrogens is 502 g/mol. The number of anilines is 1. The quantitative estimate of drug-likeness (QED) is 0.488. The van der Waals surface area contributed by atoms with Gasteiger partial charge in [-0.2, -0.15) is 0 Å². The molecule has 9 nitrogen and oxygen atoms in total.